The van der Waals surface area contributed by atoms with Crippen LogP contribution < -0.4 is 8.19 Å². The van der Waals surface area contributed by atoms with Crippen LogP contribution in [-0.4, -0.2) is 29.0 Å². The topological polar surface area (TPSA) is 47.6 Å². The Labute approximate surface area is 135 Å². The van der Waals surface area contributed by atoms with E-state index in [0.29, 0.717) is 14.5 Å². The normalized spacial score (nSPS) is 15.0. The number of rotatable bonds is 0. The van der Waals surface area contributed by atoms with Gasteiger partial charge in [0.25, 0.3) is 0 Å². The molecule has 0 saturated carbocycles. The first-order valence-electron chi connectivity index (χ1n) is 5.55. The van der Waals surface area contributed by atoms with E-state index in [1.54, 1.807) is 23.5 Å². The van der Waals surface area contributed by atoms with Gasteiger partial charge in [0.05, 0.1) is 0 Å². The van der Waals surface area contributed by atoms with Crippen molar-refractivity contribution < 1.29 is 0 Å². The van der Waals surface area contributed by atoms with Gasteiger partial charge in [-0.3, -0.25) is 0 Å². The molecule has 2 aromatic rings. The second kappa shape index (κ2) is 6.29. The molecule has 0 aromatic carbocycles. The summed E-state index contributed by atoms with van der Waals surface area (Å²) in [6.07, 6.45) is 0. The van der Waals surface area contributed by atoms with Crippen molar-refractivity contribution in [3.05, 3.63) is 51.5 Å². The molecule has 3 rings (SSSR count). The van der Waals surface area contributed by atoms with E-state index < -0.39 is 0 Å². The summed E-state index contributed by atoms with van der Waals surface area (Å²) in [5, 5.41) is 22.1. The fraction of sp³-hybridized carbons (Fsp3) is 0. The molecule has 6 heteroatoms. The summed E-state index contributed by atoms with van der Waals surface area (Å²) in [4.78, 5) is 0. The van der Waals surface area contributed by atoms with Crippen LogP contribution in [0, 0.1) is 30.8 Å². The second-order valence-electron chi connectivity index (χ2n) is 3.72. The zero-order valence-electron chi connectivity index (χ0n) is 9.99. The van der Waals surface area contributed by atoms with Gasteiger partial charge in [0.1, 0.15) is 0 Å². The summed E-state index contributed by atoms with van der Waals surface area (Å²) in [6.45, 7) is 0. The molecular formula is C14H6N2S2Se2. The minimum atomic E-state index is 0.0938. The second-order valence-corrected chi connectivity index (χ2v) is 10.4. The van der Waals surface area contributed by atoms with Crippen molar-refractivity contribution in [1.82, 2.24) is 0 Å². The van der Waals surface area contributed by atoms with Gasteiger partial charge in [-0.2, -0.15) is 0 Å². The van der Waals surface area contributed by atoms with Crippen molar-refractivity contribution in [2.75, 3.05) is 0 Å². The van der Waals surface area contributed by atoms with E-state index >= 15 is 0 Å². The molecule has 96 valence electrons. The summed E-state index contributed by atoms with van der Waals surface area (Å²) in [5.74, 6) is 0. The number of thioether (sulfide) groups is 2. The number of hydrogen-bond donors (Lipinski definition) is 0. The van der Waals surface area contributed by atoms with Gasteiger partial charge < -0.3 is 0 Å². The molecule has 0 bridgehead atoms. The fourth-order valence-electron chi connectivity index (χ4n) is 1.64. The van der Waals surface area contributed by atoms with E-state index in [2.05, 4.69) is 29.0 Å². The standard InChI is InChI=1S/C14H6N2S2Se2/c15-7-9(8-16)10-1-2-11(19-10)12-3-4-13(20-12)14-17-5-6-18-14/h1-6H/b12-11-. The minimum absolute atomic E-state index is 0.0938. The van der Waals surface area contributed by atoms with Crippen molar-refractivity contribution >= 4 is 62.3 Å². The maximum atomic E-state index is 8.92. The molecule has 20 heavy (non-hydrogen) atoms. The van der Waals surface area contributed by atoms with Crippen LogP contribution in [-0.2, 0) is 0 Å². The van der Waals surface area contributed by atoms with Crippen LogP contribution in [0.15, 0.2) is 35.1 Å². The molecular weight excluding hydrogens is 418 g/mol. The number of nitriles is 2. The zero-order chi connectivity index (χ0) is 13.9. The molecule has 0 atom stereocenters. The van der Waals surface area contributed by atoms with E-state index in [9.17, 15) is 0 Å². The third kappa shape index (κ3) is 2.78. The molecule has 1 aliphatic heterocycles. The Kier molecular flexibility index (Phi) is 4.44. The van der Waals surface area contributed by atoms with Crippen LogP contribution in [0.2, 0.25) is 0 Å². The van der Waals surface area contributed by atoms with Crippen LogP contribution >= 0.6 is 23.5 Å². The fourth-order valence-corrected chi connectivity index (χ4v) is 8.63. The van der Waals surface area contributed by atoms with E-state index in [0.717, 1.165) is 4.09 Å². The van der Waals surface area contributed by atoms with Gasteiger partial charge >= 0.3 is 136 Å². The Hall–Kier alpha value is -0.841. The van der Waals surface area contributed by atoms with Crippen LogP contribution in [0.5, 0.6) is 0 Å². The molecule has 0 radical (unpaired) electrons. The molecule has 2 nitrogen and oxygen atoms in total. The Morgan fingerprint density at radius 2 is 1.45 bits per heavy atom. The van der Waals surface area contributed by atoms with Crippen molar-refractivity contribution in [2.24, 2.45) is 0 Å². The summed E-state index contributed by atoms with van der Waals surface area (Å²) < 4.78 is 6.42. The molecule has 0 fully saturated rings. The van der Waals surface area contributed by atoms with E-state index in [1.165, 1.54) is 16.5 Å². The van der Waals surface area contributed by atoms with Crippen molar-refractivity contribution in [3.8, 4) is 12.1 Å². The van der Waals surface area contributed by atoms with Crippen molar-refractivity contribution in [3.63, 3.8) is 0 Å². The van der Waals surface area contributed by atoms with Gasteiger partial charge in [-0.25, -0.2) is 0 Å². The van der Waals surface area contributed by atoms with Crippen LogP contribution in [0.3, 0.4) is 0 Å². The maximum absolute atomic E-state index is 8.92. The van der Waals surface area contributed by atoms with Crippen LogP contribution in [0.25, 0.3) is 9.81 Å². The SMILES string of the molecule is N#CC(C#N)=c1cc/c(=c2\ccc(=C3SC=CS3)[se]2)[se]1. The zero-order valence-corrected chi connectivity index (χ0v) is 15.1. The van der Waals surface area contributed by atoms with E-state index in [4.69, 9.17) is 10.5 Å². The monoisotopic (exact) mass is 426 g/mol. The Bertz CT molecular complexity index is 958. The number of hydrogen-bond acceptors (Lipinski definition) is 4. The van der Waals surface area contributed by atoms with Gasteiger partial charge in [-0.1, -0.05) is 0 Å². The molecule has 3 heterocycles. The first-order valence-corrected chi connectivity index (χ1v) is 10.7. The average molecular weight is 424 g/mol. The molecule has 0 unspecified atom stereocenters. The van der Waals surface area contributed by atoms with Gasteiger partial charge in [0.2, 0.25) is 0 Å². The van der Waals surface area contributed by atoms with Crippen LogP contribution in [0.1, 0.15) is 0 Å². The molecule has 0 amide bonds. The predicted octanol–water partition coefficient (Wildman–Crippen LogP) is 1.30. The summed E-state index contributed by atoms with van der Waals surface area (Å²) >= 11 is 4.02. The molecule has 0 saturated heterocycles. The van der Waals surface area contributed by atoms with E-state index in [-0.39, 0.29) is 20.1 Å². The summed E-state index contributed by atoms with van der Waals surface area (Å²) in [7, 11) is 0. The first kappa shape index (κ1) is 14.1. The molecule has 2 aromatic heterocycles. The summed E-state index contributed by atoms with van der Waals surface area (Å²) in [6, 6.07) is 12.4. The molecule has 0 aliphatic carbocycles. The van der Waals surface area contributed by atoms with Gasteiger partial charge in [-0.15, -0.1) is 0 Å². The quantitative estimate of drug-likeness (QED) is 0.599. The van der Waals surface area contributed by atoms with Crippen molar-refractivity contribution in [1.29, 1.82) is 10.5 Å². The predicted molar refractivity (Wildman–Crippen MR) is 86.1 cm³/mol. The third-order valence-electron chi connectivity index (χ3n) is 2.53. The number of nitrogens with zero attached hydrogens (tertiary/aromatic N) is 2. The Balaban J connectivity index is 2.24. The first-order chi connectivity index (χ1) is 9.81. The van der Waals surface area contributed by atoms with Crippen LogP contribution in [0.4, 0.5) is 0 Å². The van der Waals surface area contributed by atoms with Gasteiger partial charge in [0, 0.05) is 0 Å². The van der Waals surface area contributed by atoms with E-state index in [1.807, 2.05) is 18.2 Å². The van der Waals surface area contributed by atoms with Gasteiger partial charge in [0.15, 0.2) is 0 Å². The summed E-state index contributed by atoms with van der Waals surface area (Å²) in [5.41, 5.74) is 0.260. The Morgan fingerprint density at radius 3 is 2.15 bits per heavy atom. The molecule has 0 N–H and O–H groups in total. The third-order valence-corrected chi connectivity index (χ3v) is 10.7. The average Bonchev–Trinajstić information content (AvgIpc) is 3.20. The van der Waals surface area contributed by atoms with Gasteiger partial charge in [-0.05, 0) is 0 Å². The Morgan fingerprint density at radius 1 is 0.850 bits per heavy atom. The van der Waals surface area contributed by atoms with Crippen molar-refractivity contribution in [2.45, 2.75) is 0 Å². The molecule has 0 spiro atoms. The molecule has 1 aliphatic rings.